The molecule has 2 N–H and O–H groups in total. The second-order valence-corrected chi connectivity index (χ2v) is 7.39. The molecule has 30 heavy (non-hydrogen) atoms. The van der Waals surface area contributed by atoms with Crippen LogP contribution in [0, 0.1) is 6.92 Å². The molecule has 150 valence electrons. The maximum absolute atomic E-state index is 12.2. The summed E-state index contributed by atoms with van der Waals surface area (Å²) in [6.07, 6.45) is 1.53. The minimum Gasteiger partial charge on any atom is -0.456 e. The zero-order valence-corrected chi connectivity index (χ0v) is 17.3. The average molecular weight is 439 g/mol. The van der Waals surface area contributed by atoms with Gasteiger partial charge in [0.2, 0.25) is 0 Å². The van der Waals surface area contributed by atoms with E-state index < -0.39 is 5.91 Å². The molecule has 0 aliphatic carbocycles. The first-order valence-corrected chi connectivity index (χ1v) is 9.76. The summed E-state index contributed by atoms with van der Waals surface area (Å²) in [5.41, 5.74) is 5.87. The number of amides is 1. The SMILES string of the molecule is Cc1ccc2nc(C(=O)N/N=C/c3ccc(Oc4ccc(Cl)cc4Cl)cc3)[nH]c2c1. The molecule has 1 aromatic heterocycles. The Balaban J connectivity index is 1.38. The summed E-state index contributed by atoms with van der Waals surface area (Å²) in [4.78, 5) is 19.5. The zero-order chi connectivity index (χ0) is 21.1. The van der Waals surface area contributed by atoms with Gasteiger partial charge in [-0.3, -0.25) is 4.79 Å². The topological polar surface area (TPSA) is 79.4 Å². The fourth-order valence-corrected chi connectivity index (χ4v) is 3.20. The third kappa shape index (κ3) is 4.62. The van der Waals surface area contributed by atoms with Crippen LogP contribution in [-0.2, 0) is 0 Å². The highest BCUT2D eigenvalue weighted by Crippen LogP contribution is 2.31. The summed E-state index contributed by atoms with van der Waals surface area (Å²) in [6.45, 7) is 1.98. The second-order valence-electron chi connectivity index (χ2n) is 6.55. The highest BCUT2D eigenvalue weighted by Gasteiger charge is 2.10. The van der Waals surface area contributed by atoms with Gasteiger partial charge < -0.3 is 9.72 Å². The molecule has 8 heteroatoms. The van der Waals surface area contributed by atoms with Crippen molar-refractivity contribution < 1.29 is 9.53 Å². The van der Waals surface area contributed by atoms with Crippen molar-refractivity contribution in [3.63, 3.8) is 0 Å². The predicted molar refractivity (Wildman–Crippen MR) is 119 cm³/mol. The molecule has 0 fully saturated rings. The number of halogens is 2. The Labute approximate surface area is 182 Å². The van der Waals surface area contributed by atoms with Crippen molar-refractivity contribution in [1.29, 1.82) is 0 Å². The molecule has 0 bridgehead atoms. The van der Waals surface area contributed by atoms with Gasteiger partial charge in [-0.2, -0.15) is 5.10 Å². The van der Waals surface area contributed by atoms with Gasteiger partial charge in [0.05, 0.1) is 22.3 Å². The monoisotopic (exact) mass is 438 g/mol. The lowest BCUT2D eigenvalue weighted by Gasteiger charge is -2.07. The molecule has 0 atom stereocenters. The van der Waals surface area contributed by atoms with Crippen LogP contribution >= 0.6 is 23.2 Å². The first-order valence-electron chi connectivity index (χ1n) is 9.01. The number of nitrogens with zero attached hydrogens (tertiary/aromatic N) is 2. The predicted octanol–water partition coefficient (Wildman–Crippen LogP) is 5.73. The van der Waals surface area contributed by atoms with Gasteiger partial charge in [0.15, 0.2) is 5.82 Å². The van der Waals surface area contributed by atoms with Crippen molar-refractivity contribution in [1.82, 2.24) is 15.4 Å². The van der Waals surface area contributed by atoms with E-state index in [0.29, 0.717) is 21.5 Å². The molecule has 1 heterocycles. The van der Waals surface area contributed by atoms with E-state index in [2.05, 4.69) is 20.5 Å². The van der Waals surface area contributed by atoms with Gasteiger partial charge in [0.25, 0.3) is 0 Å². The minimum absolute atomic E-state index is 0.205. The third-order valence-electron chi connectivity index (χ3n) is 4.23. The largest absolute Gasteiger partial charge is 0.456 e. The van der Waals surface area contributed by atoms with Gasteiger partial charge in [0.1, 0.15) is 11.5 Å². The van der Waals surface area contributed by atoms with Crippen LogP contribution in [-0.4, -0.2) is 22.1 Å². The van der Waals surface area contributed by atoms with E-state index in [1.54, 1.807) is 42.5 Å². The Morgan fingerprint density at radius 2 is 1.90 bits per heavy atom. The van der Waals surface area contributed by atoms with E-state index in [0.717, 1.165) is 22.2 Å². The number of aromatic nitrogens is 2. The lowest BCUT2D eigenvalue weighted by Crippen LogP contribution is -2.19. The van der Waals surface area contributed by atoms with Crippen molar-refractivity contribution in [2.45, 2.75) is 6.92 Å². The van der Waals surface area contributed by atoms with Crippen LogP contribution in [0.25, 0.3) is 11.0 Å². The van der Waals surface area contributed by atoms with E-state index in [4.69, 9.17) is 27.9 Å². The number of fused-ring (bicyclic) bond motifs is 1. The number of imidazole rings is 1. The number of aryl methyl sites for hydroxylation is 1. The van der Waals surface area contributed by atoms with E-state index in [9.17, 15) is 4.79 Å². The fourth-order valence-electron chi connectivity index (χ4n) is 2.76. The van der Waals surface area contributed by atoms with E-state index >= 15 is 0 Å². The van der Waals surface area contributed by atoms with E-state index in [-0.39, 0.29) is 5.82 Å². The van der Waals surface area contributed by atoms with Crippen LogP contribution in [0.2, 0.25) is 10.0 Å². The Hall–Kier alpha value is -3.35. The van der Waals surface area contributed by atoms with Gasteiger partial charge >= 0.3 is 5.91 Å². The number of carbonyl (C=O) groups excluding carboxylic acids is 1. The number of ether oxygens (including phenoxy) is 1. The third-order valence-corrected chi connectivity index (χ3v) is 4.76. The molecule has 1 amide bonds. The number of benzene rings is 3. The molecular weight excluding hydrogens is 423 g/mol. The number of nitrogens with one attached hydrogen (secondary N) is 2. The molecule has 4 rings (SSSR count). The van der Waals surface area contributed by atoms with Crippen molar-refractivity contribution in [2.75, 3.05) is 0 Å². The summed E-state index contributed by atoms with van der Waals surface area (Å²) in [7, 11) is 0. The molecule has 0 saturated heterocycles. The molecule has 3 aromatic carbocycles. The molecule has 0 aliphatic rings. The summed E-state index contributed by atoms with van der Waals surface area (Å²) in [5.74, 6) is 0.905. The zero-order valence-electron chi connectivity index (χ0n) is 15.8. The summed E-state index contributed by atoms with van der Waals surface area (Å²) >= 11 is 12.0. The summed E-state index contributed by atoms with van der Waals surface area (Å²) < 4.78 is 5.74. The lowest BCUT2D eigenvalue weighted by atomic mass is 10.2. The highest BCUT2D eigenvalue weighted by molar-refractivity contribution is 6.35. The van der Waals surface area contributed by atoms with Gasteiger partial charge in [-0.25, -0.2) is 10.4 Å². The van der Waals surface area contributed by atoms with E-state index in [1.165, 1.54) is 6.21 Å². The van der Waals surface area contributed by atoms with Gasteiger partial charge in [-0.05, 0) is 72.6 Å². The molecule has 4 aromatic rings. The number of carbonyl (C=O) groups is 1. The molecule has 0 radical (unpaired) electrons. The van der Waals surface area contributed by atoms with Gasteiger partial charge in [-0.1, -0.05) is 29.3 Å². The Kier molecular flexibility index (Phi) is 5.70. The molecule has 0 saturated carbocycles. The maximum atomic E-state index is 12.2. The summed E-state index contributed by atoms with van der Waals surface area (Å²) in [5, 5.41) is 4.95. The number of rotatable bonds is 5. The molecular formula is C22H16Cl2N4O2. The van der Waals surface area contributed by atoms with Crippen molar-refractivity contribution >= 4 is 46.4 Å². The molecule has 6 nitrogen and oxygen atoms in total. The first kappa shape index (κ1) is 19.9. The lowest BCUT2D eigenvalue weighted by molar-refractivity contribution is 0.0946. The Morgan fingerprint density at radius 1 is 1.10 bits per heavy atom. The van der Waals surface area contributed by atoms with Crippen LogP contribution < -0.4 is 10.2 Å². The first-order chi connectivity index (χ1) is 14.5. The Bertz CT molecular complexity index is 1250. The average Bonchev–Trinajstić information content (AvgIpc) is 3.14. The normalized spacial score (nSPS) is 11.2. The minimum atomic E-state index is -0.419. The van der Waals surface area contributed by atoms with Gasteiger partial charge in [0, 0.05) is 5.02 Å². The number of hydrogen-bond acceptors (Lipinski definition) is 4. The standard InChI is InChI=1S/C22H16Cl2N4O2/c1-13-2-8-18-19(10-13)27-21(26-18)22(29)28-25-12-14-3-6-16(7-4-14)30-20-9-5-15(23)11-17(20)24/h2-12H,1H3,(H,26,27)(H,28,29)/b25-12+. The Morgan fingerprint density at radius 3 is 2.67 bits per heavy atom. The number of H-pyrrole nitrogens is 1. The van der Waals surface area contributed by atoms with Crippen LogP contribution in [0.1, 0.15) is 21.7 Å². The summed E-state index contributed by atoms with van der Waals surface area (Å²) in [6, 6.07) is 17.9. The van der Waals surface area contributed by atoms with Crippen molar-refractivity contribution in [2.24, 2.45) is 5.10 Å². The van der Waals surface area contributed by atoms with Gasteiger partial charge in [-0.15, -0.1) is 0 Å². The molecule has 0 spiro atoms. The smallest absolute Gasteiger partial charge is 0.307 e. The fraction of sp³-hybridized carbons (Fsp3) is 0.0455. The van der Waals surface area contributed by atoms with Crippen LogP contribution in [0.15, 0.2) is 65.8 Å². The second kappa shape index (κ2) is 8.57. The number of hydrogen-bond donors (Lipinski definition) is 2. The quantitative estimate of drug-likeness (QED) is 0.308. The molecule has 0 unspecified atom stereocenters. The molecule has 0 aliphatic heterocycles. The van der Waals surface area contributed by atoms with Crippen LogP contribution in [0.4, 0.5) is 0 Å². The van der Waals surface area contributed by atoms with Crippen molar-refractivity contribution in [3.8, 4) is 11.5 Å². The number of hydrazone groups is 1. The maximum Gasteiger partial charge on any atom is 0.307 e. The van der Waals surface area contributed by atoms with Crippen LogP contribution in [0.5, 0.6) is 11.5 Å². The number of aromatic amines is 1. The highest BCUT2D eigenvalue weighted by atomic mass is 35.5. The van der Waals surface area contributed by atoms with Crippen molar-refractivity contribution in [3.05, 3.63) is 87.7 Å². The van der Waals surface area contributed by atoms with Crippen LogP contribution in [0.3, 0.4) is 0 Å². The van der Waals surface area contributed by atoms with E-state index in [1.807, 2.05) is 25.1 Å².